The van der Waals surface area contributed by atoms with Crippen LogP contribution in [0.25, 0.3) is 5.82 Å². The molecule has 12 heteroatoms. The molecule has 1 saturated heterocycles. The van der Waals surface area contributed by atoms with Crippen molar-refractivity contribution in [3.63, 3.8) is 0 Å². The van der Waals surface area contributed by atoms with E-state index >= 15 is 0 Å². The first-order valence-electron chi connectivity index (χ1n) is 11.7. The molecule has 0 aliphatic carbocycles. The van der Waals surface area contributed by atoms with E-state index in [1.165, 1.54) is 18.3 Å². The summed E-state index contributed by atoms with van der Waals surface area (Å²) in [6.07, 6.45) is 3.97. The van der Waals surface area contributed by atoms with Gasteiger partial charge in [-0.15, -0.1) is 5.10 Å². The van der Waals surface area contributed by atoms with E-state index in [4.69, 9.17) is 9.72 Å². The normalized spacial score (nSPS) is 17.2. The Kier molecular flexibility index (Phi) is 6.65. The number of carbonyl (C=O) groups is 1. The fraction of sp³-hybridized carbons (Fsp3) is 0.417. The fourth-order valence-electron chi connectivity index (χ4n) is 4.25. The molecule has 36 heavy (non-hydrogen) atoms. The number of aryl methyl sites for hydroxylation is 1. The van der Waals surface area contributed by atoms with E-state index < -0.39 is 26.4 Å². The van der Waals surface area contributed by atoms with Crippen LogP contribution in [0.15, 0.2) is 46.3 Å². The van der Waals surface area contributed by atoms with Crippen molar-refractivity contribution in [3.05, 3.63) is 58.1 Å². The minimum Gasteiger partial charge on any atom is -0.477 e. The van der Waals surface area contributed by atoms with E-state index in [0.29, 0.717) is 36.6 Å². The molecular weight excluding hydrogens is 484 g/mol. The van der Waals surface area contributed by atoms with Crippen LogP contribution >= 0.6 is 0 Å². The van der Waals surface area contributed by atoms with Crippen molar-refractivity contribution in [2.45, 2.75) is 51.5 Å². The van der Waals surface area contributed by atoms with Crippen LogP contribution in [0.2, 0.25) is 0 Å². The van der Waals surface area contributed by atoms with Gasteiger partial charge in [0.2, 0.25) is 5.88 Å². The van der Waals surface area contributed by atoms with Gasteiger partial charge in [-0.3, -0.25) is 9.59 Å². The number of aromatic amines is 1. The number of sulfonamides is 1. The number of H-pyrrole nitrogens is 1. The molecule has 0 aromatic carbocycles. The summed E-state index contributed by atoms with van der Waals surface area (Å²) < 4.78 is 34.8. The third-order valence-electron chi connectivity index (χ3n) is 6.71. The number of anilines is 1. The number of amides is 1. The Morgan fingerprint density at radius 2 is 2.06 bits per heavy atom. The summed E-state index contributed by atoms with van der Waals surface area (Å²) in [6.45, 7) is 11.1. The molecule has 0 radical (unpaired) electrons. The molecule has 4 rings (SSSR count). The van der Waals surface area contributed by atoms with E-state index in [-0.39, 0.29) is 11.1 Å². The molecule has 11 nitrogen and oxygen atoms in total. The van der Waals surface area contributed by atoms with E-state index in [2.05, 4.69) is 30.9 Å². The third kappa shape index (κ3) is 4.60. The van der Waals surface area contributed by atoms with Gasteiger partial charge >= 0.3 is 0 Å². The summed E-state index contributed by atoms with van der Waals surface area (Å²) in [5.74, 6) is 0.698. The molecule has 192 valence electrons. The maximum absolute atomic E-state index is 13.3. The average Bonchev–Trinajstić information content (AvgIpc) is 3.31. The first-order valence-corrected chi connectivity index (χ1v) is 13.2. The number of rotatable bonds is 7. The highest BCUT2D eigenvalue weighted by molar-refractivity contribution is 7.90. The SMILES string of the molecule is CCOc1nn(-c2ccc(C(=O)NS(=O)(=O)c3ccc[nH]c3=O)c(N3CCC(C)C3(C)C)n2)cc1C. The van der Waals surface area contributed by atoms with Crippen molar-refractivity contribution in [2.24, 2.45) is 5.92 Å². The van der Waals surface area contributed by atoms with Crippen molar-refractivity contribution in [1.29, 1.82) is 0 Å². The highest BCUT2D eigenvalue weighted by atomic mass is 32.2. The van der Waals surface area contributed by atoms with Crippen molar-refractivity contribution in [1.82, 2.24) is 24.5 Å². The summed E-state index contributed by atoms with van der Waals surface area (Å²) in [4.78, 5) is 33.9. The Labute approximate surface area is 209 Å². The lowest BCUT2D eigenvalue weighted by Crippen LogP contribution is -2.44. The number of pyridine rings is 2. The first-order chi connectivity index (χ1) is 17.0. The summed E-state index contributed by atoms with van der Waals surface area (Å²) in [7, 11) is -4.41. The van der Waals surface area contributed by atoms with Gasteiger partial charge in [0, 0.05) is 30.0 Å². The van der Waals surface area contributed by atoms with Gasteiger partial charge in [0.15, 0.2) is 10.7 Å². The van der Waals surface area contributed by atoms with Gasteiger partial charge < -0.3 is 14.6 Å². The number of hydrogen-bond acceptors (Lipinski definition) is 8. The van der Waals surface area contributed by atoms with Crippen LogP contribution < -0.4 is 19.9 Å². The Morgan fingerprint density at radius 1 is 1.31 bits per heavy atom. The lowest BCUT2D eigenvalue weighted by atomic mass is 9.90. The molecule has 1 aliphatic heterocycles. The maximum atomic E-state index is 13.3. The number of carbonyl (C=O) groups excluding carboxylic acids is 1. The standard InChI is InChI=1S/C24H30N6O5S/c1-6-35-23-15(2)14-30(27-23)19-10-9-17(20(26-19)29-13-11-16(3)24(29,4)5)21(31)28-36(33,34)18-8-7-12-25-22(18)32/h7-10,12,14,16H,6,11,13H2,1-5H3,(H,25,32)(H,28,31). The zero-order valence-electron chi connectivity index (χ0n) is 20.9. The van der Waals surface area contributed by atoms with E-state index in [0.717, 1.165) is 18.1 Å². The van der Waals surface area contributed by atoms with Gasteiger partial charge in [0.05, 0.1) is 12.2 Å². The molecule has 3 aromatic rings. The molecule has 3 aromatic heterocycles. The first kappa shape index (κ1) is 25.4. The molecule has 1 unspecified atom stereocenters. The zero-order valence-corrected chi connectivity index (χ0v) is 21.7. The van der Waals surface area contributed by atoms with Gasteiger partial charge in [0.1, 0.15) is 5.82 Å². The Morgan fingerprint density at radius 3 is 2.69 bits per heavy atom. The lowest BCUT2D eigenvalue weighted by Gasteiger charge is -2.36. The van der Waals surface area contributed by atoms with Crippen LogP contribution in [0.3, 0.4) is 0 Å². The van der Waals surface area contributed by atoms with Crippen LogP contribution in [0, 0.1) is 12.8 Å². The summed E-state index contributed by atoms with van der Waals surface area (Å²) in [5.41, 5.74) is -0.255. The van der Waals surface area contributed by atoms with Crippen LogP contribution in [0.4, 0.5) is 5.82 Å². The summed E-state index contributed by atoms with van der Waals surface area (Å²) in [5, 5.41) is 4.45. The number of nitrogens with zero attached hydrogens (tertiary/aromatic N) is 4. The molecule has 0 bridgehead atoms. The van der Waals surface area contributed by atoms with Gasteiger partial charge in [-0.05, 0) is 64.3 Å². The zero-order chi connectivity index (χ0) is 26.3. The Bertz CT molecular complexity index is 1460. The predicted molar refractivity (Wildman–Crippen MR) is 134 cm³/mol. The van der Waals surface area contributed by atoms with Crippen molar-refractivity contribution in [3.8, 4) is 11.7 Å². The van der Waals surface area contributed by atoms with Gasteiger partial charge in [-0.25, -0.2) is 22.8 Å². The van der Waals surface area contributed by atoms with Crippen molar-refractivity contribution >= 4 is 21.7 Å². The predicted octanol–water partition coefficient (Wildman–Crippen LogP) is 2.41. The van der Waals surface area contributed by atoms with Crippen molar-refractivity contribution < 1.29 is 17.9 Å². The Balaban J connectivity index is 1.78. The molecule has 1 fully saturated rings. The number of hydrogen-bond donors (Lipinski definition) is 2. The second kappa shape index (κ2) is 9.41. The smallest absolute Gasteiger partial charge is 0.269 e. The molecule has 0 spiro atoms. The maximum Gasteiger partial charge on any atom is 0.269 e. The molecule has 1 atom stereocenters. The fourth-order valence-corrected chi connectivity index (χ4v) is 5.27. The molecular formula is C24H30N6O5S. The largest absolute Gasteiger partial charge is 0.477 e. The lowest BCUT2D eigenvalue weighted by molar-refractivity contribution is 0.0981. The second-order valence-electron chi connectivity index (χ2n) is 9.33. The number of nitrogens with one attached hydrogen (secondary N) is 2. The quantitative estimate of drug-likeness (QED) is 0.490. The topological polar surface area (TPSA) is 139 Å². The van der Waals surface area contributed by atoms with Gasteiger partial charge in [-0.1, -0.05) is 6.92 Å². The Hall–Kier alpha value is -3.67. The number of aromatic nitrogens is 4. The van der Waals surface area contributed by atoms with E-state index in [9.17, 15) is 18.0 Å². The van der Waals surface area contributed by atoms with Crippen LogP contribution in [0.5, 0.6) is 5.88 Å². The molecule has 0 saturated carbocycles. The molecule has 1 aliphatic rings. The minimum absolute atomic E-state index is 0.0748. The highest BCUT2D eigenvalue weighted by Crippen LogP contribution is 2.39. The van der Waals surface area contributed by atoms with Crippen molar-refractivity contribution in [2.75, 3.05) is 18.1 Å². The monoisotopic (exact) mass is 514 g/mol. The number of ether oxygens (including phenoxy) is 1. The minimum atomic E-state index is -4.41. The van der Waals surface area contributed by atoms with E-state index in [1.807, 2.05) is 23.5 Å². The highest BCUT2D eigenvalue weighted by Gasteiger charge is 2.41. The van der Waals surface area contributed by atoms with Gasteiger partial charge in [-0.2, -0.15) is 0 Å². The molecule has 1 amide bonds. The van der Waals surface area contributed by atoms with Crippen LogP contribution in [-0.4, -0.2) is 52.8 Å². The summed E-state index contributed by atoms with van der Waals surface area (Å²) >= 11 is 0. The summed E-state index contributed by atoms with van der Waals surface area (Å²) in [6, 6.07) is 5.63. The van der Waals surface area contributed by atoms with E-state index in [1.54, 1.807) is 16.9 Å². The third-order valence-corrected chi connectivity index (χ3v) is 8.07. The average molecular weight is 515 g/mol. The second-order valence-corrected chi connectivity index (χ2v) is 11.0. The van der Waals surface area contributed by atoms with Gasteiger partial charge in [0.25, 0.3) is 21.5 Å². The van der Waals surface area contributed by atoms with Crippen LogP contribution in [0.1, 0.15) is 50.0 Å². The van der Waals surface area contributed by atoms with Crippen LogP contribution in [-0.2, 0) is 10.0 Å². The molecule has 4 heterocycles. The molecule has 2 N–H and O–H groups in total.